The maximum atomic E-state index is 12.7. The number of aromatic nitrogens is 2. The molecule has 128 valence electrons. The summed E-state index contributed by atoms with van der Waals surface area (Å²) in [5.41, 5.74) is 3.56. The van der Waals surface area contributed by atoms with Crippen molar-refractivity contribution in [3.05, 3.63) is 52.8 Å². The first-order chi connectivity index (χ1) is 11.6. The number of carbonyl (C=O) groups is 1. The minimum absolute atomic E-state index is 0.176. The Morgan fingerprint density at radius 1 is 1.38 bits per heavy atom. The van der Waals surface area contributed by atoms with Crippen molar-refractivity contribution in [3.63, 3.8) is 0 Å². The molecule has 0 spiro atoms. The number of aliphatic hydroxyl groups excluding tert-OH is 1. The molecule has 5 heteroatoms. The molecule has 3 rings (SSSR count). The third kappa shape index (κ3) is 2.84. The molecule has 0 bridgehead atoms. The quantitative estimate of drug-likeness (QED) is 0.887. The highest BCUT2D eigenvalue weighted by Gasteiger charge is 2.32. The minimum Gasteiger partial charge on any atom is -0.390 e. The molecule has 0 aliphatic heterocycles. The lowest BCUT2D eigenvalue weighted by Gasteiger charge is -2.18. The number of benzene rings is 1. The van der Waals surface area contributed by atoms with Crippen molar-refractivity contribution in [1.82, 2.24) is 15.1 Å². The van der Waals surface area contributed by atoms with E-state index in [1.54, 1.807) is 6.20 Å². The van der Waals surface area contributed by atoms with Crippen LogP contribution < -0.4 is 5.32 Å². The molecule has 0 saturated carbocycles. The number of nitrogens with zero attached hydrogens (tertiary/aromatic N) is 2. The van der Waals surface area contributed by atoms with E-state index < -0.39 is 6.10 Å². The maximum Gasteiger partial charge on any atom is 0.255 e. The third-order valence-electron chi connectivity index (χ3n) is 5.07. The van der Waals surface area contributed by atoms with Crippen LogP contribution in [0.5, 0.6) is 0 Å². The third-order valence-corrected chi connectivity index (χ3v) is 5.07. The SMILES string of the molecule is CCC(CC)n1ncc(C(=O)N[C@H]2c3ccccc3C[C@H]2O)c1C. The Balaban J connectivity index is 1.81. The van der Waals surface area contributed by atoms with Crippen LogP contribution in [0.4, 0.5) is 0 Å². The molecule has 1 amide bonds. The van der Waals surface area contributed by atoms with E-state index >= 15 is 0 Å². The van der Waals surface area contributed by atoms with Crippen LogP contribution in [-0.4, -0.2) is 26.9 Å². The van der Waals surface area contributed by atoms with Crippen molar-refractivity contribution < 1.29 is 9.90 Å². The van der Waals surface area contributed by atoms with Crippen LogP contribution in [-0.2, 0) is 6.42 Å². The van der Waals surface area contributed by atoms with E-state index in [9.17, 15) is 9.90 Å². The summed E-state index contributed by atoms with van der Waals surface area (Å²) in [5, 5.41) is 17.7. The van der Waals surface area contributed by atoms with Gasteiger partial charge in [0.15, 0.2) is 0 Å². The van der Waals surface area contributed by atoms with E-state index in [1.807, 2.05) is 35.9 Å². The molecule has 1 heterocycles. The summed E-state index contributed by atoms with van der Waals surface area (Å²) < 4.78 is 1.94. The highest BCUT2D eigenvalue weighted by molar-refractivity contribution is 5.95. The van der Waals surface area contributed by atoms with Gasteiger partial charge in [-0.3, -0.25) is 9.48 Å². The molecule has 0 fully saturated rings. The minimum atomic E-state index is -0.583. The average molecular weight is 327 g/mol. The van der Waals surface area contributed by atoms with Crippen molar-refractivity contribution >= 4 is 5.91 Å². The van der Waals surface area contributed by atoms with Gasteiger partial charge in [-0.25, -0.2) is 0 Å². The van der Waals surface area contributed by atoms with Crippen molar-refractivity contribution in [1.29, 1.82) is 0 Å². The van der Waals surface area contributed by atoms with Gasteiger partial charge in [-0.1, -0.05) is 38.1 Å². The standard InChI is InChI=1S/C19H25N3O2/c1-4-14(5-2)22-12(3)16(11-20-22)19(24)21-18-15-9-7-6-8-13(15)10-17(18)23/h6-9,11,14,17-18,23H,4-5,10H2,1-3H3,(H,21,24)/t17-,18+/m1/s1. The van der Waals surface area contributed by atoms with Crippen LogP contribution in [0.3, 0.4) is 0 Å². The zero-order valence-electron chi connectivity index (χ0n) is 14.5. The van der Waals surface area contributed by atoms with Crippen molar-refractivity contribution in [2.24, 2.45) is 0 Å². The lowest BCUT2D eigenvalue weighted by molar-refractivity contribution is 0.0857. The number of aliphatic hydroxyl groups is 1. The molecule has 2 aromatic rings. The second-order valence-electron chi connectivity index (χ2n) is 6.48. The fourth-order valence-electron chi connectivity index (χ4n) is 3.62. The first-order valence-corrected chi connectivity index (χ1v) is 8.67. The van der Waals surface area contributed by atoms with Gasteiger partial charge in [-0.05, 0) is 30.9 Å². The van der Waals surface area contributed by atoms with Crippen LogP contribution in [0.25, 0.3) is 0 Å². The average Bonchev–Trinajstić information content (AvgIpc) is 3.10. The van der Waals surface area contributed by atoms with Gasteiger partial charge in [0.25, 0.3) is 5.91 Å². The molecule has 1 aliphatic carbocycles. The van der Waals surface area contributed by atoms with Gasteiger partial charge >= 0.3 is 0 Å². The number of carbonyl (C=O) groups excluding carboxylic acids is 1. The fourth-order valence-corrected chi connectivity index (χ4v) is 3.62. The molecule has 0 unspecified atom stereocenters. The van der Waals surface area contributed by atoms with Gasteiger partial charge in [0.1, 0.15) is 0 Å². The largest absolute Gasteiger partial charge is 0.390 e. The zero-order valence-corrected chi connectivity index (χ0v) is 14.5. The maximum absolute atomic E-state index is 12.7. The molecule has 24 heavy (non-hydrogen) atoms. The number of amides is 1. The van der Waals surface area contributed by atoms with Gasteiger partial charge < -0.3 is 10.4 Å². The predicted molar refractivity (Wildman–Crippen MR) is 92.9 cm³/mol. The molecule has 1 aliphatic rings. The molecule has 2 N–H and O–H groups in total. The summed E-state index contributed by atoms with van der Waals surface area (Å²) in [4.78, 5) is 12.7. The van der Waals surface area contributed by atoms with Crippen molar-refractivity contribution in [2.75, 3.05) is 0 Å². The van der Waals surface area contributed by atoms with Gasteiger partial charge in [0, 0.05) is 12.1 Å². The Kier molecular flexibility index (Phi) is 4.71. The molecular weight excluding hydrogens is 302 g/mol. The van der Waals surface area contributed by atoms with Crippen LogP contribution in [0, 0.1) is 6.92 Å². The Morgan fingerprint density at radius 2 is 2.08 bits per heavy atom. The second-order valence-corrected chi connectivity index (χ2v) is 6.48. The molecule has 1 aromatic heterocycles. The summed E-state index contributed by atoms with van der Waals surface area (Å²) >= 11 is 0. The van der Waals surface area contributed by atoms with Crippen LogP contribution in [0.2, 0.25) is 0 Å². The number of hydrogen-bond acceptors (Lipinski definition) is 3. The highest BCUT2D eigenvalue weighted by atomic mass is 16.3. The van der Waals surface area contributed by atoms with E-state index in [2.05, 4.69) is 24.3 Å². The molecule has 0 radical (unpaired) electrons. The topological polar surface area (TPSA) is 67.2 Å². The van der Waals surface area contributed by atoms with E-state index in [-0.39, 0.29) is 11.9 Å². The summed E-state index contributed by atoms with van der Waals surface area (Å²) in [5.74, 6) is -0.176. The summed E-state index contributed by atoms with van der Waals surface area (Å²) in [6.45, 7) is 6.18. The normalized spacial score (nSPS) is 19.5. The highest BCUT2D eigenvalue weighted by Crippen LogP contribution is 2.31. The fraction of sp³-hybridized carbons (Fsp3) is 0.474. The molecule has 1 aromatic carbocycles. The molecule has 5 nitrogen and oxygen atoms in total. The van der Waals surface area contributed by atoms with E-state index in [1.165, 1.54) is 0 Å². The molecule has 2 atom stereocenters. The van der Waals surface area contributed by atoms with Gasteiger partial charge in [-0.2, -0.15) is 5.10 Å². The van der Waals surface area contributed by atoms with E-state index in [0.29, 0.717) is 18.0 Å². The van der Waals surface area contributed by atoms with Gasteiger partial charge in [0.05, 0.1) is 29.9 Å². The van der Waals surface area contributed by atoms with Crippen LogP contribution in [0.15, 0.2) is 30.5 Å². The van der Waals surface area contributed by atoms with E-state index in [4.69, 9.17) is 0 Å². The smallest absolute Gasteiger partial charge is 0.255 e. The first kappa shape index (κ1) is 16.7. The monoisotopic (exact) mass is 327 g/mol. The molecule has 0 saturated heterocycles. The molecular formula is C19H25N3O2. The lowest BCUT2D eigenvalue weighted by atomic mass is 10.1. The zero-order chi connectivity index (χ0) is 17.3. The van der Waals surface area contributed by atoms with Gasteiger partial charge in [0.2, 0.25) is 0 Å². The number of hydrogen-bond donors (Lipinski definition) is 2. The summed E-state index contributed by atoms with van der Waals surface area (Å²) in [6, 6.07) is 7.82. The van der Waals surface area contributed by atoms with Crippen LogP contribution in [0.1, 0.15) is 66.0 Å². The first-order valence-electron chi connectivity index (χ1n) is 8.67. The Bertz CT molecular complexity index is 734. The second kappa shape index (κ2) is 6.77. The number of fused-ring (bicyclic) bond motifs is 1. The van der Waals surface area contributed by atoms with Crippen molar-refractivity contribution in [3.8, 4) is 0 Å². The predicted octanol–water partition coefficient (Wildman–Crippen LogP) is 2.94. The van der Waals surface area contributed by atoms with Crippen LogP contribution >= 0.6 is 0 Å². The summed E-state index contributed by atoms with van der Waals surface area (Å²) in [6.07, 6.45) is 3.59. The number of nitrogens with one attached hydrogen (secondary N) is 1. The Labute approximate surface area is 142 Å². The lowest BCUT2D eigenvalue weighted by Crippen LogP contribution is -2.34. The summed E-state index contributed by atoms with van der Waals surface area (Å²) in [7, 11) is 0. The van der Waals surface area contributed by atoms with Gasteiger partial charge in [-0.15, -0.1) is 0 Å². The van der Waals surface area contributed by atoms with Crippen molar-refractivity contribution in [2.45, 2.75) is 58.2 Å². The Hall–Kier alpha value is -2.14. The Morgan fingerprint density at radius 3 is 2.79 bits per heavy atom. The number of rotatable bonds is 5. The van der Waals surface area contributed by atoms with E-state index in [0.717, 1.165) is 29.7 Å².